The number of aromatic carboxylic acids is 1. The summed E-state index contributed by atoms with van der Waals surface area (Å²) in [6.07, 6.45) is -4.73. The van der Waals surface area contributed by atoms with E-state index in [1.54, 1.807) is 0 Å². The largest absolute Gasteiger partial charge is 0.491 e. The SMILES string of the molecule is O=C(O)c1ccccc1[NH+]1N=NN=C1C(F)(F)F. The van der Waals surface area contributed by atoms with E-state index >= 15 is 0 Å². The van der Waals surface area contributed by atoms with Crippen molar-refractivity contribution in [2.45, 2.75) is 6.18 Å². The minimum absolute atomic E-state index is 0.165. The Morgan fingerprint density at radius 3 is 2.56 bits per heavy atom. The fourth-order valence-corrected chi connectivity index (χ4v) is 1.46. The van der Waals surface area contributed by atoms with Crippen LogP contribution in [0.2, 0.25) is 0 Å². The number of halogens is 3. The van der Waals surface area contributed by atoms with Crippen LogP contribution in [0.25, 0.3) is 0 Å². The lowest BCUT2D eigenvalue weighted by Gasteiger charge is -2.11. The van der Waals surface area contributed by atoms with Gasteiger partial charge in [0, 0.05) is 11.3 Å². The van der Waals surface area contributed by atoms with Crippen molar-refractivity contribution in [3.05, 3.63) is 29.8 Å². The second kappa shape index (κ2) is 4.18. The maximum absolute atomic E-state index is 12.6. The molecule has 9 heteroatoms. The molecule has 2 N–H and O–H groups in total. The number of hydrogen-bond donors (Lipinski definition) is 2. The number of nitrogens with one attached hydrogen (secondary N) is 1. The summed E-state index contributed by atoms with van der Waals surface area (Å²) in [6, 6.07) is 5.23. The van der Waals surface area contributed by atoms with E-state index in [9.17, 15) is 18.0 Å². The summed E-state index contributed by atoms with van der Waals surface area (Å²) in [5.74, 6) is -2.64. The van der Waals surface area contributed by atoms with Crippen molar-refractivity contribution < 1.29 is 28.1 Å². The van der Waals surface area contributed by atoms with Crippen molar-refractivity contribution >= 4 is 17.5 Å². The highest BCUT2D eigenvalue weighted by Crippen LogP contribution is 2.19. The number of carboxylic acid groups (broad SMARTS) is 1. The van der Waals surface area contributed by atoms with Crippen LogP contribution in [-0.2, 0) is 0 Å². The summed E-state index contributed by atoms with van der Waals surface area (Å²) >= 11 is 0. The Morgan fingerprint density at radius 2 is 1.94 bits per heavy atom. The number of amidine groups is 1. The fraction of sp³-hybridized carbons (Fsp3) is 0.111. The van der Waals surface area contributed by atoms with Gasteiger partial charge in [-0.2, -0.15) is 13.2 Å². The van der Waals surface area contributed by atoms with E-state index < -0.39 is 23.0 Å². The molecule has 0 spiro atoms. The quantitative estimate of drug-likeness (QED) is 0.835. The van der Waals surface area contributed by atoms with Crippen molar-refractivity contribution in [1.82, 2.24) is 0 Å². The number of carbonyl (C=O) groups is 1. The molecule has 0 bridgehead atoms. The Labute approximate surface area is 98.0 Å². The van der Waals surface area contributed by atoms with Gasteiger partial charge in [0.05, 0.1) is 5.22 Å². The maximum atomic E-state index is 12.6. The second-order valence-electron chi connectivity index (χ2n) is 3.34. The first kappa shape index (κ1) is 12.2. The molecule has 0 fully saturated rings. The summed E-state index contributed by atoms with van der Waals surface area (Å²) < 4.78 is 37.8. The Morgan fingerprint density at radius 1 is 1.28 bits per heavy atom. The van der Waals surface area contributed by atoms with E-state index in [0.717, 1.165) is 0 Å². The number of hydrogen-bond acceptors (Lipinski definition) is 4. The van der Waals surface area contributed by atoms with E-state index in [1.807, 2.05) is 0 Å². The average Bonchev–Trinajstić information content (AvgIpc) is 2.77. The molecule has 0 amide bonds. The normalized spacial score (nSPS) is 18.8. The summed E-state index contributed by atoms with van der Waals surface area (Å²) in [4.78, 5) is 10.9. The monoisotopic (exact) mass is 259 g/mol. The number of carboxylic acids is 1. The van der Waals surface area contributed by atoms with Crippen LogP contribution in [0.5, 0.6) is 0 Å². The minimum atomic E-state index is -4.73. The number of nitrogens with zero attached hydrogens (tertiary/aromatic N) is 3. The smallest absolute Gasteiger partial charge is 0.477 e. The van der Waals surface area contributed by atoms with Crippen LogP contribution in [-0.4, -0.2) is 23.1 Å². The van der Waals surface area contributed by atoms with Crippen molar-refractivity contribution in [2.75, 3.05) is 0 Å². The van der Waals surface area contributed by atoms with Crippen LogP contribution in [0, 0.1) is 0 Å². The molecule has 94 valence electrons. The van der Waals surface area contributed by atoms with E-state index in [2.05, 4.69) is 15.5 Å². The molecule has 1 unspecified atom stereocenters. The molecule has 0 aromatic heterocycles. The van der Waals surface area contributed by atoms with Gasteiger partial charge in [0.25, 0.3) is 0 Å². The van der Waals surface area contributed by atoms with Crippen molar-refractivity contribution in [3.63, 3.8) is 0 Å². The van der Waals surface area contributed by atoms with Gasteiger partial charge in [0.15, 0.2) is 5.69 Å². The number of rotatable bonds is 2. The standard InChI is InChI=1S/C9H5F3N4O2/c10-9(11,12)8-13-14-15-16(8)6-4-2-1-3-5(6)7(17)18/h1-4H,(H,17,18)/p+1. The molecule has 1 aromatic rings. The molecule has 0 aliphatic carbocycles. The molecule has 18 heavy (non-hydrogen) atoms. The highest BCUT2D eigenvalue weighted by Gasteiger charge is 2.50. The van der Waals surface area contributed by atoms with E-state index in [1.165, 1.54) is 24.3 Å². The summed E-state index contributed by atoms with van der Waals surface area (Å²) in [5.41, 5.74) is -0.451. The average molecular weight is 259 g/mol. The van der Waals surface area contributed by atoms with E-state index in [4.69, 9.17) is 5.11 Å². The zero-order valence-corrected chi connectivity index (χ0v) is 8.64. The van der Waals surface area contributed by atoms with E-state index in [-0.39, 0.29) is 11.3 Å². The van der Waals surface area contributed by atoms with Crippen LogP contribution in [0.4, 0.5) is 18.9 Å². The first-order valence-corrected chi connectivity index (χ1v) is 4.67. The molecular weight excluding hydrogens is 253 g/mol. The molecule has 1 aromatic carbocycles. The third kappa shape index (κ3) is 2.07. The Kier molecular flexibility index (Phi) is 2.83. The molecular formula is C9H6F3N4O2+. The predicted octanol–water partition coefficient (Wildman–Crippen LogP) is 1.16. The number of quaternary nitrogens is 1. The van der Waals surface area contributed by atoms with Gasteiger partial charge in [0.1, 0.15) is 5.56 Å². The third-order valence-electron chi connectivity index (χ3n) is 2.19. The molecule has 1 aliphatic rings. The summed E-state index contributed by atoms with van der Waals surface area (Å²) in [7, 11) is 0. The predicted molar refractivity (Wildman–Crippen MR) is 52.4 cm³/mol. The van der Waals surface area contributed by atoms with Crippen LogP contribution in [0.3, 0.4) is 0 Å². The zero-order chi connectivity index (χ0) is 13.3. The topological polar surface area (TPSA) is 78.8 Å². The maximum Gasteiger partial charge on any atom is 0.491 e. The van der Waals surface area contributed by atoms with Crippen LogP contribution < -0.4 is 5.01 Å². The zero-order valence-electron chi connectivity index (χ0n) is 8.64. The van der Waals surface area contributed by atoms with Crippen LogP contribution in [0.15, 0.2) is 39.8 Å². The Hall–Kier alpha value is -2.29. The second-order valence-corrected chi connectivity index (χ2v) is 3.34. The molecule has 1 aliphatic heterocycles. The van der Waals surface area contributed by atoms with Crippen molar-refractivity contribution in [1.29, 1.82) is 0 Å². The van der Waals surface area contributed by atoms with Gasteiger partial charge in [-0.3, -0.25) is 0 Å². The lowest BCUT2D eigenvalue weighted by molar-refractivity contribution is -0.747. The molecule has 0 saturated heterocycles. The molecule has 0 radical (unpaired) electrons. The molecule has 1 atom stereocenters. The molecule has 0 saturated carbocycles. The summed E-state index contributed by atoms with van der Waals surface area (Å²) in [5, 5.41) is 17.4. The number of benzene rings is 1. The summed E-state index contributed by atoms with van der Waals surface area (Å²) in [6.45, 7) is 0. The minimum Gasteiger partial charge on any atom is -0.477 e. The van der Waals surface area contributed by atoms with Gasteiger partial charge in [-0.05, 0) is 6.07 Å². The molecule has 2 rings (SSSR count). The Balaban J connectivity index is 2.48. The first-order chi connectivity index (χ1) is 8.41. The van der Waals surface area contributed by atoms with Crippen molar-refractivity contribution in [3.8, 4) is 0 Å². The number of alkyl halides is 3. The number of para-hydroxylation sites is 1. The lowest BCUT2D eigenvalue weighted by atomic mass is 10.1. The van der Waals surface area contributed by atoms with Gasteiger partial charge >= 0.3 is 18.0 Å². The molecule has 1 heterocycles. The van der Waals surface area contributed by atoms with E-state index in [0.29, 0.717) is 0 Å². The van der Waals surface area contributed by atoms with Crippen LogP contribution >= 0.6 is 0 Å². The van der Waals surface area contributed by atoms with Gasteiger partial charge in [-0.1, -0.05) is 17.2 Å². The lowest BCUT2D eigenvalue weighted by Crippen LogP contribution is -3.06. The van der Waals surface area contributed by atoms with Gasteiger partial charge in [-0.15, -0.1) is 5.01 Å². The highest BCUT2D eigenvalue weighted by atomic mass is 19.4. The van der Waals surface area contributed by atoms with Crippen molar-refractivity contribution in [2.24, 2.45) is 15.5 Å². The van der Waals surface area contributed by atoms with Gasteiger partial charge in [0.2, 0.25) is 0 Å². The highest BCUT2D eigenvalue weighted by molar-refractivity contribution is 5.93. The van der Waals surface area contributed by atoms with Gasteiger partial charge < -0.3 is 5.11 Å². The molecule has 6 nitrogen and oxygen atoms in total. The fourth-order valence-electron chi connectivity index (χ4n) is 1.46. The Bertz CT molecular complexity index is 553. The van der Waals surface area contributed by atoms with Crippen LogP contribution in [0.1, 0.15) is 10.4 Å². The van der Waals surface area contributed by atoms with Gasteiger partial charge in [-0.25, -0.2) is 4.79 Å². The third-order valence-corrected chi connectivity index (χ3v) is 2.19. The first-order valence-electron chi connectivity index (χ1n) is 4.67.